The molecule has 144 valence electrons. The summed E-state index contributed by atoms with van der Waals surface area (Å²) in [5, 5.41) is 14.5. The second-order valence-corrected chi connectivity index (χ2v) is 6.74. The van der Waals surface area contributed by atoms with E-state index in [1.165, 1.54) is 7.11 Å². The first-order valence-corrected chi connectivity index (χ1v) is 8.72. The minimum Gasteiger partial charge on any atom is -0.495 e. The molecule has 1 atom stereocenters. The number of carbonyl (C=O) groups excluding carboxylic acids is 2. The van der Waals surface area contributed by atoms with Gasteiger partial charge in [0.15, 0.2) is 0 Å². The summed E-state index contributed by atoms with van der Waals surface area (Å²) in [6, 6.07) is 4.31. The third-order valence-corrected chi connectivity index (χ3v) is 3.94. The average Bonchev–Trinajstić information content (AvgIpc) is 2.57. The lowest BCUT2D eigenvalue weighted by molar-refractivity contribution is -0.142. The minimum absolute atomic E-state index is 0.127. The number of hydrogen-bond donors (Lipinski definition) is 3. The first-order valence-electron chi connectivity index (χ1n) is 8.34. The summed E-state index contributed by atoms with van der Waals surface area (Å²) in [4.78, 5) is 34.8. The molecule has 0 aliphatic heterocycles. The van der Waals surface area contributed by atoms with Gasteiger partial charge in [-0.05, 0) is 36.5 Å². The Hall–Kier alpha value is -2.28. The van der Waals surface area contributed by atoms with Gasteiger partial charge in [0.1, 0.15) is 11.8 Å². The van der Waals surface area contributed by atoms with Crippen LogP contribution >= 0.6 is 11.6 Å². The Morgan fingerprint density at radius 1 is 1.23 bits per heavy atom. The number of nitrogens with one attached hydrogen (secondary N) is 2. The molecule has 0 saturated carbocycles. The highest BCUT2D eigenvalue weighted by molar-refractivity contribution is 6.32. The highest BCUT2D eigenvalue weighted by Gasteiger charge is 2.21. The molecular weight excluding hydrogens is 360 g/mol. The molecule has 0 aliphatic rings. The molecule has 1 aromatic carbocycles. The van der Waals surface area contributed by atoms with Crippen molar-refractivity contribution in [1.82, 2.24) is 10.6 Å². The van der Waals surface area contributed by atoms with Crippen molar-refractivity contribution in [3.05, 3.63) is 28.8 Å². The molecule has 7 nitrogen and oxygen atoms in total. The van der Waals surface area contributed by atoms with Crippen molar-refractivity contribution >= 4 is 29.4 Å². The summed E-state index contributed by atoms with van der Waals surface area (Å²) in [6.45, 7) is 3.48. The van der Waals surface area contributed by atoms with E-state index in [2.05, 4.69) is 10.6 Å². The number of rotatable bonds is 10. The van der Waals surface area contributed by atoms with E-state index in [-0.39, 0.29) is 24.8 Å². The van der Waals surface area contributed by atoms with Gasteiger partial charge in [0.2, 0.25) is 11.8 Å². The molecule has 0 bridgehead atoms. The Balaban J connectivity index is 2.40. The fraction of sp³-hybridized carbons (Fsp3) is 0.500. The molecule has 2 amide bonds. The lowest BCUT2D eigenvalue weighted by atomic mass is 10.0. The molecule has 0 aliphatic carbocycles. The van der Waals surface area contributed by atoms with Crippen molar-refractivity contribution in [3.8, 4) is 5.75 Å². The summed E-state index contributed by atoms with van der Waals surface area (Å²) in [5.41, 5.74) is 0.873. The number of aliphatic carboxylic acids is 1. The number of methoxy groups -OCH3 is 1. The van der Waals surface area contributed by atoms with Crippen LogP contribution in [0.3, 0.4) is 0 Å². The van der Waals surface area contributed by atoms with Crippen molar-refractivity contribution in [1.29, 1.82) is 0 Å². The van der Waals surface area contributed by atoms with Crippen LogP contribution in [0.25, 0.3) is 0 Å². The minimum atomic E-state index is -1.09. The van der Waals surface area contributed by atoms with Crippen molar-refractivity contribution in [2.75, 3.05) is 13.7 Å². The molecule has 8 heteroatoms. The van der Waals surface area contributed by atoms with Crippen molar-refractivity contribution in [3.63, 3.8) is 0 Å². The van der Waals surface area contributed by atoms with Gasteiger partial charge in [-0.1, -0.05) is 31.5 Å². The number of carboxylic acid groups (broad SMARTS) is 1. The van der Waals surface area contributed by atoms with Crippen molar-refractivity contribution in [2.24, 2.45) is 5.92 Å². The van der Waals surface area contributed by atoms with Gasteiger partial charge in [-0.3, -0.25) is 9.59 Å². The molecule has 0 heterocycles. The second kappa shape index (κ2) is 10.7. The van der Waals surface area contributed by atoms with Crippen LogP contribution in [0.4, 0.5) is 0 Å². The largest absolute Gasteiger partial charge is 0.495 e. The predicted octanol–water partition coefficient (Wildman–Crippen LogP) is 2.01. The van der Waals surface area contributed by atoms with Gasteiger partial charge in [0.05, 0.1) is 18.7 Å². The fourth-order valence-electron chi connectivity index (χ4n) is 2.33. The summed E-state index contributed by atoms with van der Waals surface area (Å²) < 4.78 is 5.07. The topological polar surface area (TPSA) is 105 Å². The molecule has 26 heavy (non-hydrogen) atoms. The van der Waals surface area contributed by atoms with E-state index in [9.17, 15) is 14.4 Å². The number of benzene rings is 1. The van der Waals surface area contributed by atoms with Crippen LogP contribution in [0.2, 0.25) is 5.02 Å². The van der Waals surface area contributed by atoms with E-state index < -0.39 is 17.9 Å². The van der Waals surface area contributed by atoms with Crippen LogP contribution in [0.5, 0.6) is 5.75 Å². The van der Waals surface area contributed by atoms with Crippen molar-refractivity contribution < 1.29 is 24.2 Å². The van der Waals surface area contributed by atoms with Gasteiger partial charge in [-0.25, -0.2) is 4.79 Å². The monoisotopic (exact) mass is 384 g/mol. The summed E-state index contributed by atoms with van der Waals surface area (Å²) in [5.74, 6) is -1.23. The maximum absolute atomic E-state index is 11.9. The number of carbonyl (C=O) groups is 3. The zero-order valence-electron chi connectivity index (χ0n) is 15.2. The molecule has 3 N–H and O–H groups in total. The Morgan fingerprint density at radius 2 is 1.92 bits per heavy atom. The molecule has 1 aromatic rings. The van der Waals surface area contributed by atoms with Gasteiger partial charge in [-0.2, -0.15) is 0 Å². The lowest BCUT2D eigenvalue weighted by Crippen LogP contribution is -2.46. The fourth-order valence-corrected chi connectivity index (χ4v) is 2.61. The van der Waals surface area contributed by atoms with Crippen LogP contribution in [-0.2, 0) is 20.8 Å². The maximum Gasteiger partial charge on any atom is 0.326 e. The molecule has 0 spiro atoms. The number of aryl methyl sites for hydroxylation is 1. The molecule has 1 rings (SSSR count). The van der Waals surface area contributed by atoms with E-state index >= 15 is 0 Å². The number of halogens is 1. The first-order chi connectivity index (χ1) is 12.2. The van der Waals surface area contributed by atoms with E-state index in [0.717, 1.165) is 5.56 Å². The average molecular weight is 385 g/mol. The van der Waals surface area contributed by atoms with Crippen molar-refractivity contribution in [2.45, 2.75) is 39.2 Å². The van der Waals surface area contributed by atoms with Gasteiger partial charge < -0.3 is 20.5 Å². The van der Waals surface area contributed by atoms with Gasteiger partial charge in [0.25, 0.3) is 0 Å². The molecule has 0 aromatic heterocycles. The lowest BCUT2D eigenvalue weighted by Gasteiger charge is -2.16. The molecule has 0 fully saturated rings. The third-order valence-electron chi connectivity index (χ3n) is 3.64. The van der Waals surface area contributed by atoms with E-state index in [1.54, 1.807) is 12.1 Å². The predicted molar refractivity (Wildman–Crippen MR) is 98.4 cm³/mol. The molecule has 0 radical (unpaired) electrons. The standard InChI is InChI=1S/C18H25ClN2O5/c1-11(2)8-14(18(24)25)21-17(23)10-20-16(22)7-5-12-4-6-15(26-3)13(19)9-12/h4,6,9,11,14H,5,7-8,10H2,1-3H3,(H,20,22)(H,21,23)(H,24,25)/t14-/m0/s1. The van der Waals surface area contributed by atoms with Gasteiger partial charge in [0, 0.05) is 6.42 Å². The SMILES string of the molecule is COc1ccc(CCC(=O)NCC(=O)N[C@@H](CC(C)C)C(=O)O)cc1Cl. The molecule has 0 unspecified atom stereocenters. The Bertz CT molecular complexity index is 648. The summed E-state index contributed by atoms with van der Waals surface area (Å²) in [6.07, 6.45) is 0.972. The number of hydrogen-bond acceptors (Lipinski definition) is 4. The summed E-state index contributed by atoms with van der Waals surface area (Å²) >= 11 is 6.03. The van der Waals surface area contributed by atoms with Crippen LogP contribution < -0.4 is 15.4 Å². The number of carboxylic acids is 1. The zero-order valence-corrected chi connectivity index (χ0v) is 15.9. The van der Waals surface area contributed by atoms with Crippen LogP contribution in [-0.4, -0.2) is 42.6 Å². The normalized spacial score (nSPS) is 11.7. The Kier molecular flexibility index (Phi) is 8.92. The van der Waals surface area contributed by atoms with E-state index in [1.807, 2.05) is 19.9 Å². The van der Waals surface area contributed by atoms with E-state index in [4.69, 9.17) is 21.4 Å². The smallest absolute Gasteiger partial charge is 0.326 e. The highest BCUT2D eigenvalue weighted by Crippen LogP contribution is 2.25. The van der Waals surface area contributed by atoms with Crippen LogP contribution in [0.1, 0.15) is 32.3 Å². The Morgan fingerprint density at radius 3 is 2.46 bits per heavy atom. The molecular formula is C18H25ClN2O5. The second-order valence-electron chi connectivity index (χ2n) is 6.33. The highest BCUT2D eigenvalue weighted by atomic mass is 35.5. The number of amides is 2. The summed E-state index contributed by atoms with van der Waals surface area (Å²) in [7, 11) is 1.52. The first kappa shape index (κ1) is 21.8. The third kappa shape index (κ3) is 7.74. The molecule has 0 saturated heterocycles. The van der Waals surface area contributed by atoms with E-state index in [0.29, 0.717) is 23.6 Å². The quantitative estimate of drug-likeness (QED) is 0.572. The van der Waals surface area contributed by atoms with Crippen LogP contribution in [0.15, 0.2) is 18.2 Å². The van der Waals surface area contributed by atoms with Gasteiger partial charge >= 0.3 is 5.97 Å². The maximum atomic E-state index is 11.9. The number of ether oxygens (including phenoxy) is 1. The zero-order chi connectivity index (χ0) is 19.7. The Labute approximate surface area is 158 Å². The van der Waals surface area contributed by atoms with Gasteiger partial charge in [-0.15, -0.1) is 0 Å². The van der Waals surface area contributed by atoms with Crippen LogP contribution in [0, 0.1) is 5.92 Å².